The molecule has 5 amide bonds. The van der Waals surface area contributed by atoms with Crippen LogP contribution in [0.15, 0.2) is 114 Å². The number of hydrazone groups is 1. The summed E-state index contributed by atoms with van der Waals surface area (Å²) in [6.45, 7) is 28.3. The van der Waals surface area contributed by atoms with Crippen molar-refractivity contribution in [2.45, 2.75) is 192 Å². The maximum atomic E-state index is 12.5. The fourth-order valence-corrected chi connectivity index (χ4v) is 13.6. The number of carbonyl (C=O) groups excluding carboxylic acids is 10. The molecule has 8 unspecified atom stereocenters. The number of hydrogen-bond donors (Lipinski definition) is 5. The Labute approximate surface area is 676 Å². The minimum Gasteiger partial charge on any atom is -0.466 e. The Morgan fingerprint density at radius 2 is 1.05 bits per heavy atom. The number of hydrogen-bond acceptors (Lipinski definition) is 21. The summed E-state index contributed by atoms with van der Waals surface area (Å²) in [6, 6.07) is 30.0. The SMILES string of the molecule is C.C=C(CO)C(=O)OCC.CCCC(CN)CC(=O)OCC.CCCC1CC(=O)N(CC(C=O)C(=O)OCC)C1.CCCC1CC(=O)N(CC(CO)C(=O)OCC)C1.CCCC1CC(=O)N(CC2C=NN(Cc3ccccc3)C2=O)C1.CCCC1CC(=O)N(Cc2cnn(Cc3ccccc3)c2Cl)C1.NNCc1ccccc1. The topological polar surface area (TPSA) is 359 Å². The van der Waals surface area contributed by atoms with Crippen molar-refractivity contribution in [3.63, 3.8) is 0 Å². The standard InChI is InChI=1S/C18H22ClN3O.C18H23N3O2.C13H23NO4.C13H21NO4.C9H19NO2.C7H10N2.C6H10O3.CH4/c1-2-6-15-9-17(23)21(11-15)13-16-10-20-22(18(16)19)12-14-7-4-3-5-8-14;1-2-6-15-9-17(22)20(11-15)13-16-10-19-21(18(16)23)12-14-7-4-3-5-8-14;2*1-3-5-10-6-12(16)14(7-10)8-11(9-15)13(17)18-4-2;1-3-5-8(7-10)6-9(11)12-4-2;8-9-6-7-4-2-1-3-5-7;1-3-9-6(8)5(2)4-7;/h3-5,7-8,10,15H,2,6,9,11-13H2,1H3;3-5,7-8,10,15-16H,2,6,9,11-13H2,1H3;10-11,15H,3-9H2,1-2H3;9-11H,3-8H2,1-2H3;8H,3-7,10H2,1-2H3;1-5,9H,6,8H2;7H,2-4H2,1H3;1H4. The van der Waals surface area contributed by atoms with Crippen LogP contribution in [0.2, 0.25) is 5.15 Å². The van der Waals surface area contributed by atoms with Gasteiger partial charge in [0.1, 0.15) is 17.4 Å². The van der Waals surface area contributed by atoms with Crippen LogP contribution in [0.4, 0.5) is 0 Å². The molecule has 27 nitrogen and oxygen atoms in total. The van der Waals surface area contributed by atoms with E-state index in [1.807, 2.05) is 95.6 Å². The van der Waals surface area contributed by atoms with Gasteiger partial charge in [-0.1, -0.05) is 183 Å². The fourth-order valence-electron chi connectivity index (χ4n) is 13.4. The summed E-state index contributed by atoms with van der Waals surface area (Å²) in [4.78, 5) is 123. The van der Waals surface area contributed by atoms with E-state index in [1.54, 1.807) is 47.7 Å². The summed E-state index contributed by atoms with van der Waals surface area (Å²) in [5, 5.41) is 28.3. The van der Waals surface area contributed by atoms with Gasteiger partial charge in [0.05, 0.1) is 82.9 Å². The second-order valence-electron chi connectivity index (χ2n) is 28.3. The number of nitrogens with two attached hydrogens (primary N) is 2. The lowest BCUT2D eigenvalue weighted by molar-refractivity contribution is -0.152. The number of aliphatic hydroxyl groups is 2. The normalized spacial score (nSPS) is 18.0. The number of halogens is 1. The van der Waals surface area contributed by atoms with Gasteiger partial charge < -0.3 is 59.3 Å². The highest BCUT2D eigenvalue weighted by Crippen LogP contribution is 2.29. The molecule has 9 rings (SSSR count). The third-order valence-electron chi connectivity index (χ3n) is 19.0. The molecule has 0 aliphatic carbocycles. The van der Waals surface area contributed by atoms with Crippen molar-refractivity contribution in [2.24, 2.45) is 64.0 Å². The molecule has 7 N–H and O–H groups in total. The van der Waals surface area contributed by atoms with E-state index in [-0.39, 0.29) is 87.3 Å². The van der Waals surface area contributed by atoms with E-state index in [1.165, 1.54) is 10.6 Å². The first-order valence-electron chi connectivity index (χ1n) is 39.9. The smallest absolute Gasteiger partial charge is 0.335 e. The molecule has 5 aliphatic rings. The van der Waals surface area contributed by atoms with Gasteiger partial charge in [-0.2, -0.15) is 10.2 Å². The van der Waals surface area contributed by atoms with E-state index in [0.717, 1.165) is 101 Å². The van der Waals surface area contributed by atoms with Crippen LogP contribution in [0.5, 0.6) is 0 Å². The van der Waals surface area contributed by atoms with E-state index in [0.29, 0.717) is 139 Å². The molecule has 5 aliphatic heterocycles. The van der Waals surface area contributed by atoms with Crippen LogP contribution in [-0.2, 0) is 93.1 Å². The number of carbonyl (C=O) groups is 10. The minimum atomic E-state index is -0.853. The second-order valence-corrected chi connectivity index (χ2v) is 28.7. The number of ether oxygens (including phenoxy) is 4. The number of amides is 5. The molecule has 1 aromatic heterocycles. The van der Waals surface area contributed by atoms with Crippen LogP contribution in [0.25, 0.3) is 0 Å². The van der Waals surface area contributed by atoms with E-state index < -0.39 is 29.7 Å². The number of hydrazine groups is 1. The number of aromatic nitrogens is 2. The first kappa shape index (κ1) is 100. The van der Waals surface area contributed by atoms with Gasteiger partial charge in [-0.15, -0.1) is 0 Å². The molecule has 0 saturated carbocycles. The highest BCUT2D eigenvalue weighted by molar-refractivity contribution is 6.30. The predicted octanol–water partition coefficient (Wildman–Crippen LogP) is 10.5. The summed E-state index contributed by atoms with van der Waals surface area (Å²) < 4.78 is 20.8. The molecular formula is C85H132ClN11O16. The van der Waals surface area contributed by atoms with Gasteiger partial charge in [0.2, 0.25) is 23.6 Å². The Morgan fingerprint density at radius 3 is 1.50 bits per heavy atom. The van der Waals surface area contributed by atoms with E-state index >= 15 is 0 Å². The third kappa shape index (κ3) is 37.9. The average molecular weight is 1600 g/mol. The molecule has 4 aromatic rings. The van der Waals surface area contributed by atoms with Crippen molar-refractivity contribution in [1.29, 1.82) is 0 Å². The largest absolute Gasteiger partial charge is 0.466 e. The highest BCUT2D eigenvalue weighted by atomic mass is 35.5. The van der Waals surface area contributed by atoms with E-state index in [4.69, 9.17) is 42.5 Å². The van der Waals surface area contributed by atoms with Gasteiger partial charge in [-0.05, 0) is 113 Å². The lowest BCUT2D eigenvalue weighted by atomic mass is 10.0. The zero-order valence-electron chi connectivity index (χ0n) is 67.8. The summed E-state index contributed by atoms with van der Waals surface area (Å²) in [5.41, 5.74) is 12.5. The average Bonchev–Trinajstić information content (AvgIpc) is 1.72. The molecule has 6 heterocycles. The maximum absolute atomic E-state index is 12.5. The van der Waals surface area contributed by atoms with Crippen molar-refractivity contribution in [2.75, 3.05) is 92.0 Å². The van der Waals surface area contributed by atoms with Gasteiger partial charge in [0, 0.05) is 96.2 Å². The van der Waals surface area contributed by atoms with Crippen molar-refractivity contribution in [3.05, 3.63) is 137 Å². The molecule has 3 aromatic carbocycles. The van der Waals surface area contributed by atoms with Crippen LogP contribution in [0.1, 0.15) is 188 Å². The van der Waals surface area contributed by atoms with Crippen molar-refractivity contribution < 1.29 is 77.1 Å². The van der Waals surface area contributed by atoms with Crippen LogP contribution in [0.3, 0.4) is 0 Å². The molecule has 28 heteroatoms. The third-order valence-corrected chi connectivity index (χ3v) is 19.5. The molecule has 0 spiro atoms. The molecule has 4 saturated heterocycles. The van der Waals surface area contributed by atoms with Crippen LogP contribution in [0, 0.1) is 47.3 Å². The number of nitrogens with zero attached hydrogens (tertiary/aromatic N) is 8. The van der Waals surface area contributed by atoms with E-state index in [2.05, 4.69) is 73.7 Å². The fraction of sp³-hybridized carbons (Fsp3) is 0.600. The number of rotatable bonds is 37. The summed E-state index contributed by atoms with van der Waals surface area (Å²) >= 11 is 6.46. The zero-order valence-corrected chi connectivity index (χ0v) is 68.5. The van der Waals surface area contributed by atoms with Gasteiger partial charge in [-0.3, -0.25) is 49.6 Å². The van der Waals surface area contributed by atoms with Gasteiger partial charge in [0.25, 0.3) is 5.91 Å². The lowest BCUT2D eigenvalue weighted by Gasteiger charge is -2.21. The van der Waals surface area contributed by atoms with Crippen LogP contribution < -0.4 is 17.0 Å². The molecule has 8 atom stereocenters. The minimum absolute atomic E-state index is 0. The summed E-state index contributed by atoms with van der Waals surface area (Å²) in [5.74, 6) is 4.21. The van der Waals surface area contributed by atoms with Crippen LogP contribution in [-0.4, -0.2) is 203 Å². The lowest BCUT2D eigenvalue weighted by Crippen LogP contribution is -2.37. The first-order chi connectivity index (χ1) is 54.0. The van der Waals surface area contributed by atoms with Crippen LogP contribution >= 0.6 is 11.6 Å². The molecule has 113 heavy (non-hydrogen) atoms. The molecule has 0 radical (unpaired) electrons. The summed E-state index contributed by atoms with van der Waals surface area (Å²) in [7, 11) is 0. The number of benzene rings is 3. The molecular weight excluding hydrogens is 1470 g/mol. The van der Waals surface area contributed by atoms with Gasteiger partial charge in [-0.25, -0.2) is 14.5 Å². The quantitative estimate of drug-likeness (QED) is 0.00532. The van der Waals surface area contributed by atoms with Gasteiger partial charge in [0.15, 0.2) is 0 Å². The Bertz CT molecular complexity index is 3460. The number of nitrogens with one attached hydrogen (secondary N) is 1. The maximum Gasteiger partial charge on any atom is 0.335 e. The molecule has 4 fully saturated rings. The number of aldehydes is 1. The Hall–Kier alpha value is -8.73. The van der Waals surface area contributed by atoms with Crippen molar-refractivity contribution in [3.8, 4) is 0 Å². The summed E-state index contributed by atoms with van der Waals surface area (Å²) in [6.07, 6.45) is 17.5. The second kappa shape index (κ2) is 58.2. The monoisotopic (exact) mass is 1600 g/mol. The highest BCUT2D eigenvalue weighted by Gasteiger charge is 2.37. The van der Waals surface area contributed by atoms with E-state index in [9.17, 15) is 53.1 Å². The predicted molar refractivity (Wildman–Crippen MR) is 438 cm³/mol. The number of aliphatic hydroxyl groups excluding tert-OH is 2. The zero-order chi connectivity index (χ0) is 82.8. The van der Waals surface area contributed by atoms with Crippen molar-refractivity contribution in [1.82, 2.24) is 39.8 Å². The number of likely N-dealkylation sites (tertiary alicyclic amines) is 4. The van der Waals surface area contributed by atoms with Crippen molar-refractivity contribution >= 4 is 77.5 Å². The Kier molecular flexibility index (Phi) is 51.7. The Morgan fingerprint density at radius 1 is 0.602 bits per heavy atom. The first-order valence-corrected chi connectivity index (χ1v) is 40.3. The Balaban J connectivity index is 0.000000459. The molecule has 0 bridgehead atoms. The molecule has 630 valence electrons. The van der Waals surface area contributed by atoms with Gasteiger partial charge >= 0.3 is 23.9 Å². The number of esters is 4.